The third-order valence-corrected chi connectivity index (χ3v) is 3.85. The molecule has 0 heterocycles. The van der Waals surface area contributed by atoms with Crippen molar-refractivity contribution >= 4 is 17.3 Å². The minimum Gasteiger partial charge on any atom is -0.495 e. The van der Waals surface area contributed by atoms with E-state index < -0.39 is 0 Å². The number of anilines is 1. The van der Waals surface area contributed by atoms with Crippen molar-refractivity contribution in [2.45, 2.75) is 26.2 Å². The second-order valence-corrected chi connectivity index (χ2v) is 5.24. The standard InChI is InChI=1S/C15H20ClNO/c1-11-8-14(15(18-2)9-13(11)16)17-10-12-6-4-3-5-7-12/h3-4,8-9,12,17H,5-7,10H2,1-2H3. The minimum absolute atomic E-state index is 0.718. The van der Waals surface area contributed by atoms with Gasteiger partial charge < -0.3 is 10.1 Å². The fourth-order valence-electron chi connectivity index (χ4n) is 2.27. The van der Waals surface area contributed by atoms with Crippen molar-refractivity contribution in [2.24, 2.45) is 5.92 Å². The van der Waals surface area contributed by atoms with Crippen molar-refractivity contribution in [3.63, 3.8) is 0 Å². The second-order valence-electron chi connectivity index (χ2n) is 4.83. The SMILES string of the molecule is COc1cc(Cl)c(C)cc1NCC1CC=CCC1. The van der Waals surface area contributed by atoms with Gasteiger partial charge in [0.25, 0.3) is 0 Å². The number of nitrogens with one attached hydrogen (secondary N) is 1. The van der Waals surface area contributed by atoms with Crippen molar-refractivity contribution in [3.8, 4) is 5.75 Å². The van der Waals surface area contributed by atoms with E-state index in [0.717, 1.165) is 34.5 Å². The molecule has 0 radical (unpaired) electrons. The Hall–Kier alpha value is -1.15. The van der Waals surface area contributed by atoms with Gasteiger partial charge in [-0.25, -0.2) is 0 Å². The molecule has 98 valence electrons. The molecule has 1 aliphatic carbocycles. The van der Waals surface area contributed by atoms with Crippen LogP contribution in [-0.4, -0.2) is 13.7 Å². The maximum Gasteiger partial charge on any atom is 0.143 e. The first-order valence-electron chi connectivity index (χ1n) is 6.43. The topological polar surface area (TPSA) is 21.3 Å². The molecule has 0 spiro atoms. The molecule has 0 aromatic heterocycles. The molecule has 2 nitrogen and oxygen atoms in total. The predicted molar refractivity (Wildman–Crippen MR) is 77.7 cm³/mol. The van der Waals surface area contributed by atoms with Crippen molar-refractivity contribution in [1.29, 1.82) is 0 Å². The van der Waals surface area contributed by atoms with E-state index in [-0.39, 0.29) is 0 Å². The molecule has 0 saturated heterocycles. The Labute approximate surface area is 114 Å². The average molecular weight is 266 g/mol. The highest BCUT2D eigenvalue weighted by Gasteiger charge is 2.12. The molecule has 1 N–H and O–H groups in total. The van der Waals surface area contributed by atoms with Gasteiger partial charge in [-0.15, -0.1) is 0 Å². The number of allylic oxidation sites excluding steroid dienone is 2. The Bertz CT molecular complexity index is 442. The maximum atomic E-state index is 6.10. The summed E-state index contributed by atoms with van der Waals surface area (Å²) >= 11 is 6.10. The third kappa shape index (κ3) is 3.20. The lowest BCUT2D eigenvalue weighted by atomic mass is 9.94. The van der Waals surface area contributed by atoms with Crippen LogP contribution in [0.2, 0.25) is 5.02 Å². The van der Waals surface area contributed by atoms with E-state index in [1.807, 2.05) is 13.0 Å². The number of methoxy groups -OCH3 is 1. The molecule has 1 atom stereocenters. The first kappa shape index (κ1) is 13.3. The van der Waals surface area contributed by atoms with Crippen LogP contribution in [0.25, 0.3) is 0 Å². The Morgan fingerprint density at radius 2 is 2.22 bits per heavy atom. The Morgan fingerprint density at radius 3 is 2.89 bits per heavy atom. The largest absolute Gasteiger partial charge is 0.495 e. The van der Waals surface area contributed by atoms with E-state index in [1.54, 1.807) is 7.11 Å². The van der Waals surface area contributed by atoms with E-state index in [2.05, 4.69) is 23.5 Å². The summed E-state index contributed by atoms with van der Waals surface area (Å²) < 4.78 is 5.36. The van der Waals surface area contributed by atoms with Gasteiger partial charge in [-0.3, -0.25) is 0 Å². The fourth-order valence-corrected chi connectivity index (χ4v) is 2.42. The Balaban J connectivity index is 2.03. The van der Waals surface area contributed by atoms with E-state index in [9.17, 15) is 0 Å². The molecule has 0 fully saturated rings. The second kappa shape index (κ2) is 6.14. The zero-order chi connectivity index (χ0) is 13.0. The first-order valence-corrected chi connectivity index (χ1v) is 6.81. The number of hydrogen-bond donors (Lipinski definition) is 1. The van der Waals surface area contributed by atoms with Gasteiger partial charge in [-0.1, -0.05) is 23.8 Å². The molecule has 0 bridgehead atoms. The highest BCUT2D eigenvalue weighted by molar-refractivity contribution is 6.31. The van der Waals surface area contributed by atoms with Gasteiger partial charge >= 0.3 is 0 Å². The summed E-state index contributed by atoms with van der Waals surface area (Å²) in [6.45, 7) is 3.00. The molecule has 3 heteroatoms. The number of aryl methyl sites for hydroxylation is 1. The van der Waals surface area contributed by atoms with E-state index >= 15 is 0 Å². The summed E-state index contributed by atoms with van der Waals surface area (Å²) in [5.74, 6) is 1.53. The summed E-state index contributed by atoms with van der Waals surface area (Å²) in [4.78, 5) is 0. The lowest BCUT2D eigenvalue weighted by Gasteiger charge is -2.20. The molecule has 0 saturated carbocycles. The van der Waals surface area contributed by atoms with E-state index in [1.165, 1.54) is 19.3 Å². The van der Waals surface area contributed by atoms with Gasteiger partial charge in [0, 0.05) is 17.6 Å². The molecule has 1 aliphatic rings. The Kier molecular flexibility index (Phi) is 4.54. The van der Waals surface area contributed by atoms with E-state index in [0.29, 0.717) is 0 Å². The molecule has 1 unspecified atom stereocenters. The van der Waals surface area contributed by atoms with Gasteiger partial charge in [0.2, 0.25) is 0 Å². The van der Waals surface area contributed by atoms with Gasteiger partial charge in [-0.2, -0.15) is 0 Å². The molecular weight excluding hydrogens is 246 g/mol. The summed E-state index contributed by atoms with van der Waals surface area (Å²) in [6.07, 6.45) is 8.17. The molecule has 0 aliphatic heterocycles. The van der Waals surface area contributed by atoms with Gasteiger partial charge in [-0.05, 0) is 43.7 Å². The minimum atomic E-state index is 0.718. The van der Waals surface area contributed by atoms with Crippen LogP contribution in [-0.2, 0) is 0 Å². The smallest absolute Gasteiger partial charge is 0.143 e. The zero-order valence-corrected chi connectivity index (χ0v) is 11.8. The molecule has 1 aromatic rings. The van der Waals surface area contributed by atoms with Crippen molar-refractivity contribution in [2.75, 3.05) is 19.0 Å². The quantitative estimate of drug-likeness (QED) is 0.814. The summed E-state index contributed by atoms with van der Waals surface area (Å²) in [6, 6.07) is 3.93. The number of hydrogen-bond acceptors (Lipinski definition) is 2. The molecule has 18 heavy (non-hydrogen) atoms. The highest BCUT2D eigenvalue weighted by Crippen LogP contribution is 2.31. The zero-order valence-electron chi connectivity index (χ0n) is 11.0. The lowest BCUT2D eigenvalue weighted by molar-refractivity contribution is 0.415. The van der Waals surface area contributed by atoms with Crippen LogP contribution in [0.3, 0.4) is 0 Å². The monoisotopic (exact) mass is 265 g/mol. The van der Waals surface area contributed by atoms with Crippen LogP contribution >= 0.6 is 11.6 Å². The molecule has 0 amide bonds. The number of ether oxygens (including phenoxy) is 1. The number of halogens is 1. The van der Waals surface area contributed by atoms with Crippen LogP contribution in [0.5, 0.6) is 5.75 Å². The predicted octanol–water partition coefficient (Wildman–Crippen LogP) is 4.43. The fraction of sp³-hybridized carbons (Fsp3) is 0.467. The third-order valence-electron chi connectivity index (χ3n) is 3.44. The molecular formula is C15H20ClNO. The normalized spacial score (nSPS) is 18.7. The Morgan fingerprint density at radius 1 is 1.39 bits per heavy atom. The van der Waals surface area contributed by atoms with Crippen molar-refractivity contribution in [3.05, 3.63) is 34.9 Å². The van der Waals surface area contributed by atoms with Gasteiger partial charge in [0.05, 0.1) is 12.8 Å². The van der Waals surface area contributed by atoms with Gasteiger partial charge in [0.15, 0.2) is 0 Å². The van der Waals surface area contributed by atoms with Crippen LogP contribution < -0.4 is 10.1 Å². The average Bonchev–Trinajstić information content (AvgIpc) is 2.41. The maximum absolute atomic E-state index is 6.10. The van der Waals surface area contributed by atoms with Crippen molar-refractivity contribution in [1.82, 2.24) is 0 Å². The number of rotatable bonds is 4. The number of benzene rings is 1. The van der Waals surface area contributed by atoms with E-state index in [4.69, 9.17) is 16.3 Å². The van der Waals surface area contributed by atoms with Crippen LogP contribution in [0.15, 0.2) is 24.3 Å². The summed E-state index contributed by atoms with van der Waals surface area (Å²) in [7, 11) is 1.68. The molecule has 2 rings (SSSR count). The first-order chi connectivity index (χ1) is 8.70. The van der Waals surface area contributed by atoms with Crippen LogP contribution in [0, 0.1) is 12.8 Å². The van der Waals surface area contributed by atoms with Crippen molar-refractivity contribution < 1.29 is 4.74 Å². The summed E-state index contributed by atoms with van der Waals surface area (Å²) in [5.41, 5.74) is 2.11. The molecule has 1 aromatic carbocycles. The summed E-state index contributed by atoms with van der Waals surface area (Å²) in [5, 5.41) is 4.23. The van der Waals surface area contributed by atoms with Crippen LogP contribution in [0.4, 0.5) is 5.69 Å². The van der Waals surface area contributed by atoms with Gasteiger partial charge in [0.1, 0.15) is 5.75 Å². The lowest BCUT2D eigenvalue weighted by Crippen LogP contribution is -2.15. The highest BCUT2D eigenvalue weighted by atomic mass is 35.5. The van der Waals surface area contributed by atoms with Crippen LogP contribution in [0.1, 0.15) is 24.8 Å².